The van der Waals surface area contributed by atoms with E-state index in [4.69, 9.17) is 10.5 Å². The van der Waals surface area contributed by atoms with Crippen LogP contribution in [0.1, 0.15) is 43.0 Å². The molecule has 1 aliphatic heterocycles. The summed E-state index contributed by atoms with van der Waals surface area (Å²) in [5, 5.41) is 0. The van der Waals surface area contributed by atoms with E-state index in [1.807, 2.05) is 4.90 Å². The number of hydrogen-bond donors (Lipinski definition) is 1. The second-order valence-electron chi connectivity index (χ2n) is 5.29. The molecule has 1 saturated heterocycles. The first-order valence-electron chi connectivity index (χ1n) is 7.44. The zero-order valence-electron chi connectivity index (χ0n) is 12.4. The molecule has 1 aromatic carbocycles. The first-order chi connectivity index (χ1) is 10.1. The van der Waals surface area contributed by atoms with E-state index in [0.29, 0.717) is 17.4 Å². The molecule has 0 radical (unpaired) electrons. The van der Waals surface area contributed by atoms with Crippen molar-refractivity contribution >= 4 is 11.8 Å². The first kappa shape index (κ1) is 15.4. The number of para-hydroxylation sites is 1. The van der Waals surface area contributed by atoms with Gasteiger partial charge in [0.15, 0.2) is 6.61 Å². The minimum Gasteiger partial charge on any atom is -0.483 e. The number of nitrogens with two attached hydrogens (primary N) is 1. The van der Waals surface area contributed by atoms with Crippen LogP contribution in [-0.2, 0) is 4.79 Å². The summed E-state index contributed by atoms with van der Waals surface area (Å²) in [6.45, 7) is 2.83. The second kappa shape index (κ2) is 7.11. The molecule has 0 aromatic heterocycles. The summed E-state index contributed by atoms with van der Waals surface area (Å²) in [6.07, 6.45) is 4.23. The minimum absolute atomic E-state index is 0.0270. The highest BCUT2D eigenvalue weighted by Crippen LogP contribution is 2.21. The van der Waals surface area contributed by atoms with Crippen molar-refractivity contribution in [3.8, 4) is 5.75 Å². The Hall–Kier alpha value is -2.04. The fourth-order valence-corrected chi connectivity index (χ4v) is 2.77. The van der Waals surface area contributed by atoms with E-state index in [9.17, 15) is 9.59 Å². The van der Waals surface area contributed by atoms with Crippen LogP contribution in [0.25, 0.3) is 0 Å². The molecule has 0 spiro atoms. The number of amides is 2. The Labute approximate surface area is 125 Å². The van der Waals surface area contributed by atoms with Gasteiger partial charge in [0.05, 0.1) is 5.56 Å². The lowest BCUT2D eigenvalue weighted by molar-refractivity contribution is -0.137. The molecule has 5 heteroatoms. The third-order valence-corrected chi connectivity index (χ3v) is 3.92. The van der Waals surface area contributed by atoms with Crippen LogP contribution in [0.2, 0.25) is 0 Å². The van der Waals surface area contributed by atoms with Gasteiger partial charge in [0, 0.05) is 12.6 Å². The van der Waals surface area contributed by atoms with E-state index in [2.05, 4.69) is 6.92 Å². The largest absolute Gasteiger partial charge is 0.483 e. The molecule has 1 aliphatic rings. The molecular formula is C16H22N2O3. The molecule has 1 aromatic rings. The van der Waals surface area contributed by atoms with Crippen LogP contribution in [-0.4, -0.2) is 35.9 Å². The maximum absolute atomic E-state index is 12.3. The molecule has 0 aliphatic carbocycles. The van der Waals surface area contributed by atoms with Crippen LogP contribution >= 0.6 is 0 Å². The quantitative estimate of drug-likeness (QED) is 0.901. The molecule has 114 valence electrons. The Kier molecular flexibility index (Phi) is 5.20. The summed E-state index contributed by atoms with van der Waals surface area (Å²) in [6, 6.07) is 7.02. The molecule has 0 saturated carbocycles. The monoisotopic (exact) mass is 290 g/mol. The zero-order valence-corrected chi connectivity index (χ0v) is 12.4. The number of carbonyl (C=O) groups excluding carboxylic acids is 2. The summed E-state index contributed by atoms with van der Waals surface area (Å²) in [7, 11) is 0. The van der Waals surface area contributed by atoms with Gasteiger partial charge in [-0.3, -0.25) is 9.59 Å². The Morgan fingerprint density at radius 1 is 1.33 bits per heavy atom. The maximum Gasteiger partial charge on any atom is 0.260 e. The lowest BCUT2D eigenvalue weighted by atomic mass is 10.00. The number of carbonyl (C=O) groups is 2. The summed E-state index contributed by atoms with van der Waals surface area (Å²) in [4.78, 5) is 25.5. The zero-order chi connectivity index (χ0) is 15.2. The molecule has 2 amide bonds. The summed E-state index contributed by atoms with van der Waals surface area (Å²) < 4.78 is 5.51. The Morgan fingerprint density at radius 2 is 2.10 bits per heavy atom. The number of hydrogen-bond acceptors (Lipinski definition) is 3. The molecular weight excluding hydrogens is 268 g/mol. The topological polar surface area (TPSA) is 72.6 Å². The van der Waals surface area contributed by atoms with Crippen LogP contribution in [0.15, 0.2) is 24.3 Å². The number of benzene rings is 1. The standard InChI is InChI=1S/C16H22N2O3/c1-2-12-7-5-6-10-18(12)15(19)11-21-14-9-4-3-8-13(14)16(17)20/h3-4,8-9,12H,2,5-7,10-11H2,1H3,(H2,17,20). The van der Waals surface area contributed by atoms with Crippen molar-refractivity contribution in [3.05, 3.63) is 29.8 Å². The van der Waals surface area contributed by atoms with Crippen molar-refractivity contribution in [3.63, 3.8) is 0 Å². The minimum atomic E-state index is -0.553. The van der Waals surface area contributed by atoms with E-state index >= 15 is 0 Å². The van der Waals surface area contributed by atoms with Crippen molar-refractivity contribution in [2.45, 2.75) is 38.6 Å². The molecule has 2 N–H and O–H groups in total. The maximum atomic E-state index is 12.3. The molecule has 1 fully saturated rings. The van der Waals surface area contributed by atoms with Gasteiger partial charge >= 0.3 is 0 Å². The van der Waals surface area contributed by atoms with E-state index in [-0.39, 0.29) is 12.5 Å². The summed E-state index contributed by atoms with van der Waals surface area (Å²) in [5.74, 6) is -0.216. The lowest BCUT2D eigenvalue weighted by Crippen LogP contribution is -2.45. The van der Waals surface area contributed by atoms with E-state index in [1.54, 1.807) is 24.3 Å². The van der Waals surface area contributed by atoms with Gasteiger partial charge in [-0.05, 0) is 37.8 Å². The van der Waals surface area contributed by atoms with Crippen LogP contribution < -0.4 is 10.5 Å². The highest BCUT2D eigenvalue weighted by molar-refractivity contribution is 5.95. The van der Waals surface area contributed by atoms with Crippen LogP contribution in [0.4, 0.5) is 0 Å². The molecule has 1 heterocycles. The highest BCUT2D eigenvalue weighted by Gasteiger charge is 2.25. The first-order valence-corrected chi connectivity index (χ1v) is 7.44. The van der Waals surface area contributed by atoms with Gasteiger partial charge in [-0.25, -0.2) is 0 Å². The SMILES string of the molecule is CCC1CCCCN1C(=O)COc1ccccc1C(N)=O. The molecule has 1 unspecified atom stereocenters. The van der Waals surface area contributed by atoms with Crippen molar-refractivity contribution in [2.24, 2.45) is 5.73 Å². The van der Waals surface area contributed by atoms with Gasteiger partial charge < -0.3 is 15.4 Å². The van der Waals surface area contributed by atoms with Gasteiger partial charge in [-0.1, -0.05) is 19.1 Å². The van der Waals surface area contributed by atoms with Gasteiger partial charge in [-0.2, -0.15) is 0 Å². The van der Waals surface area contributed by atoms with E-state index < -0.39 is 5.91 Å². The van der Waals surface area contributed by atoms with Crippen LogP contribution in [0, 0.1) is 0 Å². The van der Waals surface area contributed by atoms with Crippen molar-refractivity contribution in [1.82, 2.24) is 4.90 Å². The van der Waals surface area contributed by atoms with Crippen LogP contribution in [0.3, 0.4) is 0 Å². The number of likely N-dealkylation sites (tertiary alicyclic amines) is 1. The molecule has 1 atom stereocenters. The average molecular weight is 290 g/mol. The Morgan fingerprint density at radius 3 is 2.81 bits per heavy atom. The molecule has 2 rings (SSSR count). The fourth-order valence-electron chi connectivity index (χ4n) is 2.77. The molecule has 0 bridgehead atoms. The predicted octanol–water partition coefficient (Wildman–Crippen LogP) is 1.96. The van der Waals surface area contributed by atoms with E-state index in [1.165, 1.54) is 6.42 Å². The van der Waals surface area contributed by atoms with Gasteiger partial charge in [0.1, 0.15) is 5.75 Å². The third kappa shape index (κ3) is 3.74. The fraction of sp³-hybridized carbons (Fsp3) is 0.500. The van der Waals surface area contributed by atoms with E-state index in [0.717, 1.165) is 25.8 Å². The Bertz CT molecular complexity index is 516. The van der Waals surface area contributed by atoms with Gasteiger partial charge in [-0.15, -0.1) is 0 Å². The summed E-state index contributed by atoms with van der Waals surface area (Å²) in [5.41, 5.74) is 5.59. The van der Waals surface area contributed by atoms with Crippen molar-refractivity contribution in [2.75, 3.05) is 13.2 Å². The number of piperidine rings is 1. The van der Waals surface area contributed by atoms with Crippen molar-refractivity contribution < 1.29 is 14.3 Å². The molecule has 21 heavy (non-hydrogen) atoms. The predicted molar refractivity (Wildman–Crippen MR) is 80.1 cm³/mol. The third-order valence-electron chi connectivity index (χ3n) is 3.92. The lowest BCUT2D eigenvalue weighted by Gasteiger charge is -2.35. The van der Waals surface area contributed by atoms with Crippen molar-refractivity contribution in [1.29, 1.82) is 0 Å². The molecule has 5 nitrogen and oxygen atoms in total. The van der Waals surface area contributed by atoms with Gasteiger partial charge in [0.2, 0.25) is 0 Å². The summed E-state index contributed by atoms with van der Waals surface area (Å²) >= 11 is 0. The van der Waals surface area contributed by atoms with Gasteiger partial charge in [0.25, 0.3) is 11.8 Å². The number of primary amides is 1. The van der Waals surface area contributed by atoms with Crippen LogP contribution in [0.5, 0.6) is 5.75 Å². The Balaban J connectivity index is 1.99. The average Bonchev–Trinajstić information content (AvgIpc) is 2.52. The smallest absolute Gasteiger partial charge is 0.260 e. The number of rotatable bonds is 5. The second-order valence-corrected chi connectivity index (χ2v) is 5.29. The normalized spacial score (nSPS) is 18.3. The number of nitrogens with zero attached hydrogens (tertiary/aromatic N) is 1. The highest BCUT2D eigenvalue weighted by atomic mass is 16.5. The number of ether oxygens (including phenoxy) is 1.